The fourth-order valence-corrected chi connectivity index (χ4v) is 7.19. The number of nitriles is 1. The molecule has 2 aromatic carbocycles. The van der Waals surface area contributed by atoms with Crippen LogP contribution in [0.3, 0.4) is 0 Å². The zero-order valence-electron chi connectivity index (χ0n) is 20.8. The highest BCUT2D eigenvalue weighted by molar-refractivity contribution is 5.94. The van der Waals surface area contributed by atoms with Crippen molar-refractivity contribution < 1.29 is 9.90 Å². The van der Waals surface area contributed by atoms with Gasteiger partial charge in [-0.25, -0.2) is 14.8 Å². The van der Waals surface area contributed by atoms with Crippen molar-refractivity contribution in [1.82, 2.24) is 9.97 Å². The molecule has 7 nitrogen and oxygen atoms in total. The molecule has 3 aromatic rings. The molecule has 4 atom stereocenters. The van der Waals surface area contributed by atoms with Gasteiger partial charge in [-0.2, -0.15) is 5.26 Å². The monoisotopic (exact) mass is 481 g/mol. The largest absolute Gasteiger partial charge is 0.478 e. The van der Waals surface area contributed by atoms with Gasteiger partial charge in [0, 0.05) is 24.3 Å². The van der Waals surface area contributed by atoms with Gasteiger partial charge in [-0.15, -0.1) is 0 Å². The number of hydrogen-bond donors (Lipinski definition) is 2. The Hall–Kier alpha value is -3.66. The molecular formula is C29H31N5O2. The van der Waals surface area contributed by atoms with Gasteiger partial charge in [0.15, 0.2) is 11.5 Å². The third-order valence-electron chi connectivity index (χ3n) is 8.81. The van der Waals surface area contributed by atoms with E-state index < -0.39 is 5.97 Å². The first-order valence-corrected chi connectivity index (χ1v) is 12.9. The number of aryl methyl sites for hydroxylation is 1. The number of carboxylic acids is 1. The van der Waals surface area contributed by atoms with Crippen molar-refractivity contribution >= 4 is 28.5 Å². The van der Waals surface area contributed by atoms with Crippen LogP contribution in [0.5, 0.6) is 0 Å². The highest BCUT2D eigenvalue weighted by atomic mass is 16.4. The van der Waals surface area contributed by atoms with Gasteiger partial charge in [0.05, 0.1) is 22.6 Å². The summed E-state index contributed by atoms with van der Waals surface area (Å²) in [5, 5.41) is 23.0. The lowest BCUT2D eigenvalue weighted by Crippen LogP contribution is -2.32. The molecule has 7 heteroatoms. The molecule has 36 heavy (non-hydrogen) atoms. The normalized spacial score (nSPS) is 25.4. The third kappa shape index (κ3) is 3.67. The van der Waals surface area contributed by atoms with E-state index >= 15 is 0 Å². The zero-order valence-corrected chi connectivity index (χ0v) is 20.8. The lowest BCUT2D eigenvalue weighted by Gasteiger charge is -2.34. The molecule has 3 unspecified atom stereocenters. The summed E-state index contributed by atoms with van der Waals surface area (Å²) in [6.07, 6.45) is 6.57. The standard InChI is InChI=1S/C29H31N5O2/c1-17-11-22(18(2)31-23-6-4-3-5-21(23)28(35)36)26-24(12-17)32-25(15-30)27(33-26)34-10-9-29(16-34)14-19-7-8-20(29)13-19/h3-6,11-12,18-20,31H,7-10,13-14,16H2,1-2H3,(H,35,36)/t18-,19?,20?,29?/m1/s1. The van der Waals surface area contributed by atoms with Gasteiger partial charge in [-0.05, 0) is 80.5 Å². The van der Waals surface area contributed by atoms with Crippen molar-refractivity contribution in [2.24, 2.45) is 17.3 Å². The molecule has 1 aromatic heterocycles. The number of aromatic nitrogens is 2. The van der Waals surface area contributed by atoms with Gasteiger partial charge in [0.25, 0.3) is 0 Å². The van der Waals surface area contributed by atoms with Crippen LogP contribution in [0.2, 0.25) is 0 Å². The summed E-state index contributed by atoms with van der Waals surface area (Å²) in [4.78, 5) is 23.9. The molecule has 2 aliphatic carbocycles. The number of anilines is 2. The Kier molecular flexibility index (Phi) is 5.36. The molecule has 3 aliphatic rings. The molecule has 0 amide bonds. The van der Waals surface area contributed by atoms with Crippen LogP contribution in [0.4, 0.5) is 11.5 Å². The Balaban J connectivity index is 1.38. The highest BCUT2D eigenvalue weighted by Gasteiger charge is 2.54. The van der Waals surface area contributed by atoms with Crippen LogP contribution in [-0.4, -0.2) is 34.1 Å². The molecule has 2 bridgehead atoms. The van der Waals surface area contributed by atoms with E-state index in [4.69, 9.17) is 9.97 Å². The average molecular weight is 482 g/mol. The van der Waals surface area contributed by atoms with Crippen LogP contribution in [0.15, 0.2) is 36.4 Å². The number of para-hydroxylation sites is 1. The quantitative estimate of drug-likeness (QED) is 0.482. The van der Waals surface area contributed by atoms with E-state index in [9.17, 15) is 15.2 Å². The maximum atomic E-state index is 11.7. The van der Waals surface area contributed by atoms with Gasteiger partial charge in [0.2, 0.25) is 0 Å². The van der Waals surface area contributed by atoms with Crippen molar-refractivity contribution in [1.29, 1.82) is 5.26 Å². The molecule has 1 aliphatic heterocycles. The van der Waals surface area contributed by atoms with E-state index in [-0.39, 0.29) is 11.6 Å². The third-order valence-corrected chi connectivity index (χ3v) is 8.81. The first-order chi connectivity index (χ1) is 17.4. The number of carboxylic acid groups (broad SMARTS) is 1. The second-order valence-electron chi connectivity index (χ2n) is 11.1. The number of carbonyl (C=O) groups is 1. The second-order valence-corrected chi connectivity index (χ2v) is 11.1. The Morgan fingerprint density at radius 3 is 2.83 bits per heavy atom. The predicted molar refractivity (Wildman–Crippen MR) is 139 cm³/mol. The van der Waals surface area contributed by atoms with Crippen LogP contribution < -0.4 is 10.2 Å². The first-order valence-electron chi connectivity index (χ1n) is 12.9. The van der Waals surface area contributed by atoms with Gasteiger partial charge >= 0.3 is 5.97 Å². The van der Waals surface area contributed by atoms with Crippen molar-refractivity contribution in [2.45, 2.75) is 52.0 Å². The Bertz CT molecular complexity index is 1410. The molecule has 1 saturated heterocycles. The Morgan fingerprint density at radius 1 is 1.28 bits per heavy atom. The van der Waals surface area contributed by atoms with E-state index in [1.165, 1.54) is 32.1 Å². The van der Waals surface area contributed by atoms with Crippen molar-refractivity contribution in [3.05, 3.63) is 58.8 Å². The maximum absolute atomic E-state index is 11.7. The topological polar surface area (TPSA) is 102 Å². The molecule has 1 spiro atoms. The van der Waals surface area contributed by atoms with E-state index in [0.29, 0.717) is 28.1 Å². The minimum atomic E-state index is -0.969. The van der Waals surface area contributed by atoms with Gasteiger partial charge in [-0.3, -0.25) is 0 Å². The molecule has 2 heterocycles. The lowest BCUT2D eigenvalue weighted by atomic mass is 9.72. The van der Waals surface area contributed by atoms with Crippen molar-refractivity contribution in [3.8, 4) is 6.07 Å². The zero-order chi connectivity index (χ0) is 25.0. The average Bonchev–Trinajstić information content (AvgIpc) is 3.59. The summed E-state index contributed by atoms with van der Waals surface area (Å²) in [7, 11) is 0. The van der Waals surface area contributed by atoms with Crippen LogP contribution >= 0.6 is 0 Å². The molecular weight excluding hydrogens is 450 g/mol. The van der Waals surface area contributed by atoms with E-state index in [2.05, 4.69) is 22.4 Å². The van der Waals surface area contributed by atoms with Gasteiger partial charge in [-0.1, -0.05) is 24.6 Å². The first kappa shape index (κ1) is 22.8. The van der Waals surface area contributed by atoms with Crippen molar-refractivity contribution in [2.75, 3.05) is 23.3 Å². The van der Waals surface area contributed by atoms with Crippen LogP contribution in [0, 0.1) is 35.5 Å². The number of nitrogens with one attached hydrogen (secondary N) is 1. The summed E-state index contributed by atoms with van der Waals surface area (Å²) in [6, 6.07) is 13.1. The smallest absolute Gasteiger partial charge is 0.337 e. The van der Waals surface area contributed by atoms with Crippen LogP contribution in [-0.2, 0) is 0 Å². The number of benzene rings is 2. The Morgan fingerprint density at radius 2 is 2.11 bits per heavy atom. The van der Waals surface area contributed by atoms with E-state index in [0.717, 1.165) is 41.6 Å². The number of fused-ring (bicyclic) bond motifs is 4. The van der Waals surface area contributed by atoms with Crippen molar-refractivity contribution in [3.63, 3.8) is 0 Å². The fourth-order valence-electron chi connectivity index (χ4n) is 7.19. The minimum Gasteiger partial charge on any atom is -0.478 e. The number of nitrogens with zero attached hydrogens (tertiary/aromatic N) is 4. The molecule has 184 valence electrons. The molecule has 0 radical (unpaired) electrons. The number of aromatic carboxylic acids is 1. The summed E-state index contributed by atoms with van der Waals surface area (Å²) in [5.74, 6) is 1.41. The van der Waals surface area contributed by atoms with Gasteiger partial charge in [0.1, 0.15) is 6.07 Å². The summed E-state index contributed by atoms with van der Waals surface area (Å²) in [6.45, 7) is 5.89. The van der Waals surface area contributed by atoms with E-state index in [1.807, 2.05) is 26.0 Å². The summed E-state index contributed by atoms with van der Waals surface area (Å²) >= 11 is 0. The second kappa shape index (κ2) is 8.48. The van der Waals surface area contributed by atoms with Gasteiger partial charge < -0.3 is 15.3 Å². The lowest BCUT2D eigenvalue weighted by molar-refractivity contribution is 0.0698. The Labute approximate surface area is 211 Å². The minimum absolute atomic E-state index is 0.210. The summed E-state index contributed by atoms with van der Waals surface area (Å²) < 4.78 is 0. The number of hydrogen-bond acceptors (Lipinski definition) is 6. The fraction of sp³-hybridized carbons (Fsp3) is 0.448. The molecule has 2 saturated carbocycles. The molecule has 2 N–H and O–H groups in total. The van der Waals surface area contributed by atoms with E-state index in [1.54, 1.807) is 18.2 Å². The maximum Gasteiger partial charge on any atom is 0.337 e. The molecule has 6 rings (SSSR count). The number of rotatable bonds is 5. The van der Waals surface area contributed by atoms with Crippen LogP contribution in [0.1, 0.15) is 72.2 Å². The highest BCUT2D eigenvalue weighted by Crippen LogP contribution is 2.60. The molecule has 3 fully saturated rings. The van der Waals surface area contributed by atoms with Crippen LogP contribution in [0.25, 0.3) is 11.0 Å². The summed E-state index contributed by atoms with van der Waals surface area (Å²) in [5.41, 5.74) is 4.96. The predicted octanol–water partition coefficient (Wildman–Crippen LogP) is 5.70. The SMILES string of the molecule is Cc1cc([C@@H](C)Nc2ccccc2C(=O)O)c2nc(N3CCC4(CC5CCC4C5)C3)c(C#N)nc2c1.